The lowest BCUT2D eigenvalue weighted by atomic mass is 9.94. The van der Waals surface area contributed by atoms with Gasteiger partial charge in [0.1, 0.15) is 0 Å². The maximum atomic E-state index is 11.8. The van der Waals surface area contributed by atoms with E-state index in [1.54, 1.807) is 0 Å². The normalized spacial score (nSPS) is 23.4. The highest BCUT2D eigenvalue weighted by atomic mass is 16.4. The van der Waals surface area contributed by atoms with Crippen LogP contribution in [0.3, 0.4) is 0 Å². The predicted molar refractivity (Wildman–Crippen MR) is 63.7 cm³/mol. The number of nitrogens with zero attached hydrogens (tertiary/aromatic N) is 1. The Balaban J connectivity index is 2.36. The van der Waals surface area contributed by atoms with Gasteiger partial charge < -0.3 is 15.1 Å². The monoisotopic (exact) mass is 249 g/mol. The van der Waals surface area contributed by atoms with E-state index in [1.165, 1.54) is 4.90 Å². The minimum absolute atomic E-state index is 0.00507. The van der Waals surface area contributed by atoms with Crippen molar-refractivity contribution < 1.29 is 19.8 Å². The van der Waals surface area contributed by atoms with Crippen molar-refractivity contribution in [3.05, 3.63) is 35.9 Å². The second-order valence-electron chi connectivity index (χ2n) is 4.32. The van der Waals surface area contributed by atoms with E-state index in [-0.39, 0.29) is 25.5 Å². The van der Waals surface area contributed by atoms with E-state index < -0.39 is 17.9 Å². The van der Waals surface area contributed by atoms with Gasteiger partial charge in [0.15, 0.2) is 0 Å². The molecule has 1 aliphatic heterocycles. The van der Waals surface area contributed by atoms with Crippen LogP contribution in [0.15, 0.2) is 30.3 Å². The number of carbonyl (C=O) groups is 2. The van der Waals surface area contributed by atoms with Gasteiger partial charge in [0, 0.05) is 13.0 Å². The Hall–Kier alpha value is -1.88. The second-order valence-corrected chi connectivity index (χ2v) is 4.32. The number of benzene rings is 1. The largest absolute Gasteiger partial charge is 0.481 e. The zero-order valence-corrected chi connectivity index (χ0v) is 9.82. The number of aliphatic hydroxyl groups is 1. The van der Waals surface area contributed by atoms with E-state index in [2.05, 4.69) is 0 Å². The number of aliphatic carboxylic acids is 1. The first-order valence-corrected chi connectivity index (χ1v) is 5.83. The highest BCUT2D eigenvalue weighted by Crippen LogP contribution is 2.37. The Bertz CT molecular complexity index is 446. The summed E-state index contributed by atoms with van der Waals surface area (Å²) in [5.41, 5.74) is 0.796. The van der Waals surface area contributed by atoms with Crippen molar-refractivity contribution in [3.8, 4) is 0 Å². The third-order valence-corrected chi connectivity index (χ3v) is 3.23. The van der Waals surface area contributed by atoms with Crippen molar-refractivity contribution in [3.63, 3.8) is 0 Å². The van der Waals surface area contributed by atoms with Crippen molar-refractivity contribution in [2.24, 2.45) is 5.92 Å². The molecule has 96 valence electrons. The predicted octanol–water partition coefficient (Wildman–Crippen LogP) is 0.653. The van der Waals surface area contributed by atoms with Crippen LogP contribution < -0.4 is 0 Å². The van der Waals surface area contributed by atoms with Gasteiger partial charge in [-0.25, -0.2) is 0 Å². The van der Waals surface area contributed by atoms with Crippen LogP contribution >= 0.6 is 0 Å². The molecule has 0 unspecified atom stereocenters. The summed E-state index contributed by atoms with van der Waals surface area (Å²) >= 11 is 0. The molecule has 0 spiro atoms. The van der Waals surface area contributed by atoms with Gasteiger partial charge in [-0.1, -0.05) is 30.3 Å². The molecule has 0 bridgehead atoms. The van der Waals surface area contributed by atoms with Crippen LogP contribution in [0.4, 0.5) is 0 Å². The van der Waals surface area contributed by atoms with Crippen molar-refractivity contribution in [1.82, 2.24) is 4.90 Å². The van der Waals surface area contributed by atoms with E-state index in [0.717, 1.165) is 5.56 Å². The van der Waals surface area contributed by atoms with Crippen LogP contribution in [0, 0.1) is 5.92 Å². The summed E-state index contributed by atoms with van der Waals surface area (Å²) in [5.74, 6) is -1.94. The molecule has 1 amide bonds. The highest BCUT2D eigenvalue weighted by molar-refractivity contribution is 5.87. The number of β-amino-alcohol motifs (C(OH)–C–C–N with tert-alkyl or cyclic N) is 1. The van der Waals surface area contributed by atoms with Crippen LogP contribution in [-0.2, 0) is 9.59 Å². The summed E-state index contributed by atoms with van der Waals surface area (Å²) in [6, 6.07) is 8.60. The molecule has 1 saturated heterocycles. The van der Waals surface area contributed by atoms with Crippen molar-refractivity contribution >= 4 is 11.9 Å². The first kappa shape index (κ1) is 12.6. The molecule has 0 saturated carbocycles. The maximum Gasteiger partial charge on any atom is 0.309 e. The van der Waals surface area contributed by atoms with E-state index in [1.807, 2.05) is 30.3 Å². The number of carboxylic acids is 1. The van der Waals surface area contributed by atoms with Gasteiger partial charge in [-0.05, 0) is 5.56 Å². The Morgan fingerprint density at radius 2 is 2.00 bits per heavy atom. The summed E-state index contributed by atoms with van der Waals surface area (Å²) in [6.07, 6.45) is -0.00507. The average molecular weight is 249 g/mol. The number of likely N-dealkylation sites (tertiary alicyclic amines) is 1. The molecule has 1 fully saturated rings. The number of hydrogen-bond donors (Lipinski definition) is 2. The Labute approximate surface area is 105 Å². The van der Waals surface area contributed by atoms with Gasteiger partial charge in [-0.2, -0.15) is 0 Å². The highest BCUT2D eigenvalue weighted by Gasteiger charge is 2.44. The minimum Gasteiger partial charge on any atom is -0.481 e. The van der Waals surface area contributed by atoms with E-state index >= 15 is 0 Å². The average Bonchev–Trinajstić information content (AvgIpc) is 2.69. The maximum absolute atomic E-state index is 11.8. The molecule has 0 aromatic heterocycles. The molecule has 5 heteroatoms. The summed E-state index contributed by atoms with van der Waals surface area (Å²) in [4.78, 5) is 24.5. The minimum atomic E-state index is -0.974. The second kappa shape index (κ2) is 5.18. The van der Waals surface area contributed by atoms with Crippen LogP contribution in [-0.4, -0.2) is 40.1 Å². The van der Waals surface area contributed by atoms with E-state index in [9.17, 15) is 14.7 Å². The number of amides is 1. The van der Waals surface area contributed by atoms with Crippen LogP contribution in [0.25, 0.3) is 0 Å². The van der Waals surface area contributed by atoms with Gasteiger partial charge >= 0.3 is 5.97 Å². The SMILES string of the molecule is O=C(O)[C@H]1CC(=O)N(CCO)[C@H]1c1ccccc1. The van der Waals surface area contributed by atoms with Crippen LogP contribution in [0.2, 0.25) is 0 Å². The standard InChI is InChI=1S/C13H15NO4/c15-7-6-14-11(16)8-10(13(17)18)12(14)9-4-2-1-3-5-9/h1-5,10,12,15H,6-8H2,(H,17,18)/t10-,12-/m0/s1. The Morgan fingerprint density at radius 1 is 1.33 bits per heavy atom. The summed E-state index contributed by atoms with van der Waals surface area (Å²) in [6.45, 7) is 0.00356. The van der Waals surface area contributed by atoms with Crippen molar-refractivity contribution in [2.45, 2.75) is 12.5 Å². The van der Waals surface area contributed by atoms with Crippen LogP contribution in [0.1, 0.15) is 18.0 Å². The van der Waals surface area contributed by atoms with Gasteiger partial charge in [0.25, 0.3) is 0 Å². The summed E-state index contributed by atoms with van der Waals surface area (Å²) in [7, 11) is 0. The molecule has 2 N–H and O–H groups in total. The fourth-order valence-electron chi connectivity index (χ4n) is 2.45. The van der Waals surface area contributed by atoms with Gasteiger partial charge in [0.2, 0.25) is 5.91 Å². The smallest absolute Gasteiger partial charge is 0.309 e. The fraction of sp³-hybridized carbons (Fsp3) is 0.385. The Kier molecular flexibility index (Phi) is 3.62. The third-order valence-electron chi connectivity index (χ3n) is 3.23. The number of aliphatic hydroxyl groups excluding tert-OH is 1. The molecule has 5 nitrogen and oxygen atoms in total. The van der Waals surface area contributed by atoms with Crippen LogP contribution in [0.5, 0.6) is 0 Å². The fourth-order valence-corrected chi connectivity index (χ4v) is 2.45. The molecule has 1 aliphatic rings. The quantitative estimate of drug-likeness (QED) is 0.821. The zero-order chi connectivity index (χ0) is 13.1. The molecule has 2 rings (SSSR count). The van der Waals surface area contributed by atoms with E-state index in [4.69, 9.17) is 5.11 Å². The van der Waals surface area contributed by atoms with Gasteiger partial charge in [-0.3, -0.25) is 9.59 Å². The zero-order valence-electron chi connectivity index (χ0n) is 9.82. The topological polar surface area (TPSA) is 77.8 Å². The lowest BCUT2D eigenvalue weighted by Gasteiger charge is -2.26. The molecule has 0 radical (unpaired) electrons. The molecular weight excluding hydrogens is 234 g/mol. The Morgan fingerprint density at radius 3 is 2.56 bits per heavy atom. The molecule has 2 atom stereocenters. The lowest BCUT2D eigenvalue weighted by molar-refractivity contribution is -0.142. The van der Waals surface area contributed by atoms with Gasteiger partial charge in [-0.15, -0.1) is 0 Å². The molecule has 1 heterocycles. The van der Waals surface area contributed by atoms with Crippen molar-refractivity contribution in [2.75, 3.05) is 13.2 Å². The van der Waals surface area contributed by atoms with Crippen molar-refractivity contribution in [1.29, 1.82) is 0 Å². The summed E-state index contributed by atoms with van der Waals surface area (Å²) in [5, 5.41) is 18.2. The number of carbonyl (C=O) groups excluding carboxylic acids is 1. The summed E-state index contributed by atoms with van der Waals surface area (Å²) < 4.78 is 0. The van der Waals surface area contributed by atoms with E-state index in [0.29, 0.717) is 0 Å². The molecule has 0 aliphatic carbocycles. The molecule has 1 aromatic carbocycles. The molecule has 18 heavy (non-hydrogen) atoms. The first-order chi connectivity index (χ1) is 8.65. The first-order valence-electron chi connectivity index (χ1n) is 5.83. The number of carboxylic acid groups (broad SMARTS) is 1. The number of rotatable bonds is 4. The lowest BCUT2D eigenvalue weighted by Crippen LogP contribution is -2.32. The third kappa shape index (κ3) is 2.22. The number of hydrogen-bond acceptors (Lipinski definition) is 3. The molecular formula is C13H15NO4. The van der Waals surface area contributed by atoms with Gasteiger partial charge in [0.05, 0.1) is 18.6 Å². The molecule has 1 aromatic rings.